The Balaban J connectivity index is 1.82. The van der Waals surface area contributed by atoms with Crippen LogP contribution in [0.2, 0.25) is 0 Å². The van der Waals surface area contributed by atoms with Crippen LogP contribution in [0.1, 0.15) is 39.0 Å². The normalized spacial score (nSPS) is 35.1. The number of amides is 2. The summed E-state index contributed by atoms with van der Waals surface area (Å²) < 4.78 is 0. The number of likely N-dealkylation sites (tertiary alicyclic amines) is 1. The number of aliphatic hydroxyl groups is 1. The molecule has 2 N–H and O–H groups in total. The minimum Gasteiger partial charge on any atom is -0.391 e. The van der Waals surface area contributed by atoms with Gasteiger partial charge in [0.1, 0.15) is 0 Å². The topological polar surface area (TPSA) is 52.6 Å². The van der Waals surface area contributed by atoms with Crippen LogP contribution in [0, 0.1) is 5.92 Å². The van der Waals surface area contributed by atoms with Crippen LogP contribution in [0.15, 0.2) is 0 Å². The summed E-state index contributed by atoms with van der Waals surface area (Å²) in [4.78, 5) is 13.7. The number of nitrogens with one attached hydrogen (secondary N) is 1. The molecule has 1 aliphatic carbocycles. The van der Waals surface area contributed by atoms with Gasteiger partial charge in [0, 0.05) is 19.1 Å². The maximum atomic E-state index is 11.9. The first-order chi connectivity index (χ1) is 7.66. The second kappa shape index (κ2) is 5.04. The SMILES string of the molecule is CC1CCCC1NC(=O)N1CCCC(O)C1. The first kappa shape index (κ1) is 11.7. The Morgan fingerprint density at radius 1 is 1.31 bits per heavy atom. The molecule has 2 rings (SSSR count). The number of aliphatic hydroxyl groups excluding tert-OH is 1. The van der Waals surface area contributed by atoms with E-state index >= 15 is 0 Å². The highest BCUT2D eigenvalue weighted by Crippen LogP contribution is 2.25. The van der Waals surface area contributed by atoms with E-state index in [2.05, 4.69) is 12.2 Å². The number of piperidine rings is 1. The summed E-state index contributed by atoms with van der Waals surface area (Å²) in [7, 11) is 0. The molecule has 3 atom stereocenters. The number of nitrogens with zero attached hydrogens (tertiary/aromatic N) is 1. The van der Waals surface area contributed by atoms with Crippen molar-refractivity contribution < 1.29 is 9.90 Å². The van der Waals surface area contributed by atoms with Crippen molar-refractivity contribution in [1.82, 2.24) is 10.2 Å². The van der Waals surface area contributed by atoms with E-state index in [1.807, 2.05) is 0 Å². The Kier molecular flexibility index (Phi) is 3.69. The molecule has 1 saturated carbocycles. The second-order valence-electron chi connectivity index (χ2n) is 5.21. The third-order valence-electron chi connectivity index (χ3n) is 3.85. The van der Waals surface area contributed by atoms with Gasteiger partial charge in [-0.1, -0.05) is 13.3 Å². The highest BCUT2D eigenvalue weighted by atomic mass is 16.3. The Hall–Kier alpha value is -0.770. The highest BCUT2D eigenvalue weighted by molar-refractivity contribution is 5.74. The maximum Gasteiger partial charge on any atom is 0.317 e. The largest absolute Gasteiger partial charge is 0.391 e. The Morgan fingerprint density at radius 3 is 2.75 bits per heavy atom. The van der Waals surface area contributed by atoms with E-state index in [0.29, 0.717) is 18.5 Å². The van der Waals surface area contributed by atoms with E-state index in [-0.39, 0.29) is 12.1 Å². The van der Waals surface area contributed by atoms with Crippen LogP contribution in [0.5, 0.6) is 0 Å². The molecule has 0 bridgehead atoms. The summed E-state index contributed by atoms with van der Waals surface area (Å²) in [5.41, 5.74) is 0. The average Bonchev–Trinajstić information content (AvgIpc) is 2.64. The van der Waals surface area contributed by atoms with Crippen molar-refractivity contribution in [3.63, 3.8) is 0 Å². The second-order valence-corrected chi connectivity index (χ2v) is 5.21. The van der Waals surface area contributed by atoms with E-state index in [1.54, 1.807) is 4.90 Å². The average molecular weight is 226 g/mol. The lowest BCUT2D eigenvalue weighted by atomic mass is 10.1. The van der Waals surface area contributed by atoms with Crippen LogP contribution in [0.4, 0.5) is 4.79 Å². The first-order valence-corrected chi connectivity index (χ1v) is 6.40. The zero-order valence-electron chi connectivity index (χ0n) is 9.98. The lowest BCUT2D eigenvalue weighted by Crippen LogP contribution is -2.50. The summed E-state index contributed by atoms with van der Waals surface area (Å²) in [6.07, 6.45) is 4.94. The van der Waals surface area contributed by atoms with Gasteiger partial charge >= 0.3 is 6.03 Å². The fourth-order valence-electron chi connectivity index (χ4n) is 2.75. The quantitative estimate of drug-likeness (QED) is 0.709. The lowest BCUT2D eigenvalue weighted by Gasteiger charge is -2.31. The van der Waals surface area contributed by atoms with Crippen molar-refractivity contribution in [2.45, 2.75) is 51.2 Å². The summed E-state index contributed by atoms with van der Waals surface area (Å²) in [5, 5.41) is 12.6. The summed E-state index contributed by atoms with van der Waals surface area (Å²) in [6, 6.07) is 0.351. The van der Waals surface area contributed by atoms with Gasteiger partial charge in [0.05, 0.1) is 6.10 Å². The number of hydrogen-bond acceptors (Lipinski definition) is 2. The summed E-state index contributed by atoms with van der Waals surface area (Å²) in [5.74, 6) is 0.596. The molecule has 0 aromatic heterocycles. The molecule has 1 saturated heterocycles. The molecule has 1 aliphatic heterocycles. The van der Waals surface area contributed by atoms with E-state index in [1.165, 1.54) is 12.8 Å². The van der Waals surface area contributed by atoms with E-state index in [0.717, 1.165) is 25.8 Å². The molecule has 2 aliphatic rings. The number of hydrogen-bond donors (Lipinski definition) is 2. The smallest absolute Gasteiger partial charge is 0.317 e. The van der Waals surface area contributed by atoms with Crippen molar-refractivity contribution >= 4 is 6.03 Å². The van der Waals surface area contributed by atoms with Crippen LogP contribution in [-0.2, 0) is 0 Å². The molecule has 2 amide bonds. The fraction of sp³-hybridized carbons (Fsp3) is 0.917. The van der Waals surface area contributed by atoms with E-state index in [4.69, 9.17) is 0 Å². The third kappa shape index (κ3) is 2.67. The molecule has 2 fully saturated rings. The van der Waals surface area contributed by atoms with E-state index < -0.39 is 0 Å². The number of carbonyl (C=O) groups is 1. The summed E-state index contributed by atoms with van der Waals surface area (Å²) >= 11 is 0. The van der Waals surface area contributed by atoms with Crippen molar-refractivity contribution in [1.29, 1.82) is 0 Å². The van der Waals surface area contributed by atoms with Crippen LogP contribution in [0.25, 0.3) is 0 Å². The molecule has 3 unspecified atom stereocenters. The van der Waals surface area contributed by atoms with E-state index in [9.17, 15) is 9.90 Å². The zero-order chi connectivity index (χ0) is 11.5. The van der Waals surface area contributed by atoms with Gasteiger partial charge in [-0.15, -0.1) is 0 Å². The van der Waals surface area contributed by atoms with Gasteiger partial charge in [-0.25, -0.2) is 4.79 Å². The van der Waals surface area contributed by atoms with Gasteiger partial charge in [0.15, 0.2) is 0 Å². The number of rotatable bonds is 1. The van der Waals surface area contributed by atoms with Gasteiger partial charge in [-0.05, 0) is 31.6 Å². The molecule has 1 heterocycles. The van der Waals surface area contributed by atoms with Crippen LogP contribution in [-0.4, -0.2) is 41.3 Å². The molecule has 4 heteroatoms. The molecule has 0 spiro atoms. The van der Waals surface area contributed by atoms with Crippen molar-refractivity contribution in [3.05, 3.63) is 0 Å². The van der Waals surface area contributed by atoms with Crippen LogP contribution in [0.3, 0.4) is 0 Å². The number of urea groups is 1. The fourth-order valence-corrected chi connectivity index (χ4v) is 2.75. The van der Waals surface area contributed by atoms with Crippen LogP contribution < -0.4 is 5.32 Å². The minimum absolute atomic E-state index is 0.0116. The number of β-amino-alcohol motifs (C(OH)–C–C–N with tert-alkyl or cyclic N) is 1. The number of carbonyl (C=O) groups excluding carboxylic acids is 1. The molecule has 16 heavy (non-hydrogen) atoms. The Bertz CT molecular complexity index is 257. The van der Waals surface area contributed by atoms with Gasteiger partial charge in [-0.2, -0.15) is 0 Å². The molecule has 92 valence electrons. The Morgan fingerprint density at radius 2 is 2.12 bits per heavy atom. The third-order valence-corrected chi connectivity index (χ3v) is 3.85. The zero-order valence-corrected chi connectivity index (χ0v) is 9.98. The molecular weight excluding hydrogens is 204 g/mol. The van der Waals surface area contributed by atoms with Crippen molar-refractivity contribution in [3.8, 4) is 0 Å². The van der Waals surface area contributed by atoms with Gasteiger partial charge < -0.3 is 15.3 Å². The molecule has 0 aromatic carbocycles. The van der Waals surface area contributed by atoms with Gasteiger partial charge in [0.2, 0.25) is 0 Å². The first-order valence-electron chi connectivity index (χ1n) is 6.40. The lowest BCUT2D eigenvalue weighted by molar-refractivity contribution is 0.0829. The van der Waals surface area contributed by atoms with Crippen molar-refractivity contribution in [2.75, 3.05) is 13.1 Å². The standard InChI is InChI=1S/C12H22N2O2/c1-9-4-2-6-11(9)13-12(16)14-7-3-5-10(15)8-14/h9-11,15H,2-8H2,1H3,(H,13,16). The molecule has 0 aromatic rings. The molecular formula is C12H22N2O2. The van der Waals surface area contributed by atoms with Crippen molar-refractivity contribution in [2.24, 2.45) is 5.92 Å². The van der Waals surface area contributed by atoms with Gasteiger partial charge in [0.25, 0.3) is 0 Å². The Labute approximate surface area is 97.0 Å². The minimum atomic E-state index is -0.333. The monoisotopic (exact) mass is 226 g/mol. The van der Waals surface area contributed by atoms with Crippen LogP contribution >= 0.6 is 0 Å². The predicted molar refractivity (Wildman–Crippen MR) is 62.1 cm³/mol. The molecule has 4 nitrogen and oxygen atoms in total. The predicted octanol–water partition coefficient (Wildman–Crippen LogP) is 1.34. The maximum absolute atomic E-state index is 11.9. The highest BCUT2D eigenvalue weighted by Gasteiger charge is 2.28. The summed E-state index contributed by atoms with van der Waals surface area (Å²) in [6.45, 7) is 3.47. The van der Waals surface area contributed by atoms with Gasteiger partial charge in [-0.3, -0.25) is 0 Å². The molecule has 0 radical (unpaired) electrons.